The minimum atomic E-state index is -0.567. The van der Waals surface area contributed by atoms with Crippen molar-refractivity contribution in [2.45, 2.75) is 0 Å². The Bertz CT molecular complexity index is 803. The number of hydrogen-bond acceptors (Lipinski definition) is 5. The van der Waals surface area contributed by atoms with Crippen molar-refractivity contribution in [2.75, 3.05) is 0 Å². The highest BCUT2D eigenvalue weighted by Crippen LogP contribution is 2.32. The molecule has 0 saturated heterocycles. The van der Waals surface area contributed by atoms with E-state index in [1.54, 1.807) is 24.3 Å². The van der Waals surface area contributed by atoms with Crippen molar-refractivity contribution in [1.82, 2.24) is 9.97 Å². The topological polar surface area (TPSA) is 78.1 Å². The van der Waals surface area contributed by atoms with Crippen LogP contribution in [-0.4, -0.2) is 15.9 Å². The molecule has 5 nitrogen and oxygen atoms in total. The van der Waals surface area contributed by atoms with Gasteiger partial charge in [0.15, 0.2) is 0 Å². The van der Waals surface area contributed by atoms with Gasteiger partial charge in [0, 0.05) is 0 Å². The number of carbonyl (C=O) groups excluding carboxylic acids is 1. The van der Waals surface area contributed by atoms with Crippen LogP contribution in [0.2, 0.25) is 5.28 Å². The summed E-state index contributed by atoms with van der Waals surface area (Å²) in [5.74, 6) is 0.0690. The summed E-state index contributed by atoms with van der Waals surface area (Å²) in [4.78, 5) is 20.2. The molecule has 0 bridgehead atoms. The summed E-state index contributed by atoms with van der Waals surface area (Å²) in [5.41, 5.74) is 5.60. The van der Waals surface area contributed by atoms with E-state index in [2.05, 4.69) is 9.97 Å². The molecule has 3 aromatic rings. The Labute approximate surface area is 123 Å². The zero-order valence-electron chi connectivity index (χ0n) is 10.0. The summed E-state index contributed by atoms with van der Waals surface area (Å²) in [6, 6.07) is 8.52. The van der Waals surface area contributed by atoms with Crippen molar-refractivity contribution in [2.24, 2.45) is 5.73 Å². The van der Waals surface area contributed by atoms with Crippen molar-refractivity contribution in [3.05, 3.63) is 46.6 Å². The molecule has 0 saturated carbocycles. The molecule has 0 aliphatic heterocycles. The number of carbonyl (C=O) groups is 1. The molecule has 0 radical (unpaired) electrons. The molecule has 3 rings (SSSR count). The summed E-state index contributed by atoms with van der Waals surface area (Å²) < 4.78 is 5.69. The van der Waals surface area contributed by atoms with Gasteiger partial charge in [0.1, 0.15) is 10.6 Å². The molecule has 0 atom stereocenters. The molecular formula is C13H8ClN3O2S. The lowest BCUT2D eigenvalue weighted by Gasteiger charge is -2.09. The average molecular weight is 306 g/mol. The summed E-state index contributed by atoms with van der Waals surface area (Å²) in [6.07, 6.45) is 0. The molecule has 2 N–H and O–H groups in total. The largest absolute Gasteiger partial charge is 0.437 e. The van der Waals surface area contributed by atoms with Gasteiger partial charge < -0.3 is 10.5 Å². The zero-order chi connectivity index (χ0) is 14.1. The molecule has 1 aromatic carbocycles. The number of para-hydroxylation sites is 1. The predicted octanol–water partition coefficient (Wildman–Crippen LogP) is 3.24. The molecule has 100 valence electrons. The number of aromatic nitrogens is 2. The maximum Gasteiger partial charge on any atom is 0.252 e. The minimum absolute atomic E-state index is 0.0894. The zero-order valence-corrected chi connectivity index (χ0v) is 11.6. The predicted molar refractivity (Wildman–Crippen MR) is 77.5 cm³/mol. The highest BCUT2D eigenvalue weighted by Gasteiger charge is 2.14. The monoisotopic (exact) mass is 305 g/mol. The van der Waals surface area contributed by atoms with E-state index in [4.69, 9.17) is 22.1 Å². The summed E-state index contributed by atoms with van der Waals surface area (Å²) in [5, 5.41) is 2.69. The third-order valence-electron chi connectivity index (χ3n) is 2.62. The van der Waals surface area contributed by atoms with Crippen molar-refractivity contribution >= 4 is 39.1 Å². The average Bonchev–Trinajstić information content (AvgIpc) is 2.87. The van der Waals surface area contributed by atoms with E-state index in [9.17, 15) is 4.79 Å². The fraction of sp³-hybridized carbons (Fsp3) is 0. The number of nitrogens with zero attached hydrogens (tertiary/aromatic N) is 2. The number of amides is 1. The van der Waals surface area contributed by atoms with Crippen LogP contribution in [0.4, 0.5) is 0 Å². The molecule has 0 spiro atoms. The summed E-state index contributed by atoms with van der Waals surface area (Å²) >= 11 is 7.29. The number of rotatable bonds is 3. The molecule has 0 unspecified atom stereocenters. The van der Waals surface area contributed by atoms with Crippen molar-refractivity contribution in [1.29, 1.82) is 0 Å². The highest BCUT2D eigenvalue weighted by atomic mass is 35.5. The van der Waals surface area contributed by atoms with Crippen molar-refractivity contribution in [3.63, 3.8) is 0 Å². The van der Waals surface area contributed by atoms with Crippen LogP contribution in [0.1, 0.15) is 10.4 Å². The van der Waals surface area contributed by atoms with Crippen LogP contribution >= 0.6 is 22.9 Å². The van der Waals surface area contributed by atoms with Gasteiger partial charge in [0.2, 0.25) is 11.2 Å². The molecular weight excluding hydrogens is 298 g/mol. The normalized spacial score (nSPS) is 10.7. The first-order valence-corrected chi connectivity index (χ1v) is 6.88. The molecule has 2 heterocycles. The third kappa shape index (κ3) is 2.31. The van der Waals surface area contributed by atoms with Gasteiger partial charge in [0.25, 0.3) is 5.91 Å². The van der Waals surface area contributed by atoms with Gasteiger partial charge in [-0.2, -0.15) is 4.98 Å². The Morgan fingerprint density at radius 2 is 2.05 bits per heavy atom. The first-order chi connectivity index (χ1) is 9.65. The lowest BCUT2D eigenvalue weighted by molar-refractivity contribution is 0.0998. The third-order valence-corrected chi connectivity index (χ3v) is 3.60. The molecule has 1 amide bonds. The summed E-state index contributed by atoms with van der Waals surface area (Å²) in [6.45, 7) is 0. The molecule has 7 heteroatoms. The maximum absolute atomic E-state index is 11.4. The van der Waals surface area contributed by atoms with Crippen LogP contribution in [0.3, 0.4) is 0 Å². The number of benzene rings is 1. The van der Waals surface area contributed by atoms with Crippen molar-refractivity contribution < 1.29 is 9.53 Å². The number of ether oxygens (including phenoxy) is 1. The number of primary amides is 1. The van der Waals surface area contributed by atoms with E-state index < -0.39 is 5.91 Å². The second-order valence-corrected chi connectivity index (χ2v) is 5.13. The first-order valence-electron chi connectivity index (χ1n) is 5.62. The highest BCUT2D eigenvalue weighted by molar-refractivity contribution is 7.16. The molecule has 2 aromatic heterocycles. The molecule has 20 heavy (non-hydrogen) atoms. The second kappa shape index (κ2) is 5.07. The smallest absolute Gasteiger partial charge is 0.252 e. The minimum Gasteiger partial charge on any atom is -0.437 e. The quantitative estimate of drug-likeness (QED) is 0.753. The van der Waals surface area contributed by atoms with Gasteiger partial charge >= 0.3 is 0 Å². The Kier molecular flexibility index (Phi) is 3.25. The van der Waals surface area contributed by atoms with Gasteiger partial charge in [-0.05, 0) is 35.2 Å². The standard InChI is InChI=1S/C13H8ClN3O2S/c14-13-16-11(8-5-6-20-12(8)17-13)19-9-4-2-1-3-7(9)10(15)18/h1-6H,(H2,15,18). The van der Waals surface area contributed by atoms with Gasteiger partial charge in [-0.25, -0.2) is 4.98 Å². The van der Waals surface area contributed by atoms with Crippen molar-refractivity contribution in [3.8, 4) is 11.6 Å². The van der Waals surface area contributed by atoms with E-state index in [-0.39, 0.29) is 10.8 Å². The van der Waals surface area contributed by atoms with Crippen LogP contribution in [-0.2, 0) is 0 Å². The molecule has 0 aliphatic carbocycles. The number of fused-ring (bicyclic) bond motifs is 1. The van der Waals surface area contributed by atoms with E-state index in [1.165, 1.54) is 11.3 Å². The van der Waals surface area contributed by atoms with E-state index >= 15 is 0 Å². The van der Waals surface area contributed by atoms with E-state index in [1.807, 2.05) is 11.4 Å². The Morgan fingerprint density at radius 1 is 1.25 bits per heavy atom. The van der Waals surface area contributed by atoms with Gasteiger partial charge in [0.05, 0.1) is 10.9 Å². The number of halogens is 1. The van der Waals surface area contributed by atoms with E-state index in [0.717, 1.165) is 10.2 Å². The number of hydrogen-bond donors (Lipinski definition) is 1. The summed E-state index contributed by atoms with van der Waals surface area (Å²) in [7, 11) is 0. The second-order valence-electron chi connectivity index (χ2n) is 3.90. The van der Waals surface area contributed by atoms with Gasteiger partial charge in [-0.15, -0.1) is 11.3 Å². The maximum atomic E-state index is 11.4. The van der Waals surface area contributed by atoms with Crippen LogP contribution in [0.25, 0.3) is 10.2 Å². The number of thiophene rings is 1. The van der Waals surface area contributed by atoms with Gasteiger partial charge in [-0.1, -0.05) is 12.1 Å². The van der Waals surface area contributed by atoms with Crippen LogP contribution < -0.4 is 10.5 Å². The van der Waals surface area contributed by atoms with E-state index in [0.29, 0.717) is 11.6 Å². The van der Waals surface area contributed by atoms with Crippen LogP contribution in [0.5, 0.6) is 11.6 Å². The Balaban J connectivity index is 2.10. The SMILES string of the molecule is NC(=O)c1ccccc1Oc1nc(Cl)nc2sccc12. The van der Waals surface area contributed by atoms with Crippen LogP contribution in [0.15, 0.2) is 35.7 Å². The molecule has 0 aliphatic rings. The Morgan fingerprint density at radius 3 is 2.85 bits per heavy atom. The van der Waals surface area contributed by atoms with Gasteiger partial charge in [-0.3, -0.25) is 4.79 Å². The Hall–Kier alpha value is -2.18. The fourth-order valence-electron chi connectivity index (χ4n) is 1.74. The number of nitrogens with two attached hydrogens (primary N) is 1. The molecule has 0 fully saturated rings. The van der Waals surface area contributed by atoms with Crippen LogP contribution in [0, 0.1) is 0 Å². The lowest BCUT2D eigenvalue weighted by atomic mass is 10.2. The fourth-order valence-corrected chi connectivity index (χ4v) is 2.71. The first kappa shape index (κ1) is 12.8. The lowest BCUT2D eigenvalue weighted by Crippen LogP contribution is -2.12.